The number of benzene rings is 2. The number of aromatic nitrogens is 1. The first kappa shape index (κ1) is 14.8. The predicted molar refractivity (Wildman–Crippen MR) is 104 cm³/mol. The summed E-state index contributed by atoms with van der Waals surface area (Å²) >= 11 is 0. The van der Waals surface area contributed by atoms with Gasteiger partial charge in [-0.2, -0.15) is 0 Å². The summed E-state index contributed by atoms with van der Waals surface area (Å²) in [6.07, 6.45) is 6.43. The molecular formula is C23H22N2. The molecule has 0 saturated heterocycles. The number of hydrogen-bond acceptors (Lipinski definition) is 2. The Hall–Kier alpha value is -2.48. The normalized spacial score (nSPS) is 18.5. The molecule has 1 heterocycles. The van der Waals surface area contributed by atoms with Crippen LogP contribution >= 0.6 is 0 Å². The second kappa shape index (κ2) is 5.80. The van der Waals surface area contributed by atoms with E-state index in [1.54, 1.807) is 0 Å². The van der Waals surface area contributed by atoms with Crippen molar-refractivity contribution in [2.45, 2.75) is 45.1 Å². The highest BCUT2D eigenvalue weighted by Crippen LogP contribution is 2.38. The van der Waals surface area contributed by atoms with Crippen LogP contribution < -0.4 is 0 Å². The van der Waals surface area contributed by atoms with Gasteiger partial charge in [0.1, 0.15) is 0 Å². The molecule has 0 amide bonds. The van der Waals surface area contributed by atoms with Gasteiger partial charge in [-0.15, -0.1) is 0 Å². The molecule has 124 valence electrons. The van der Waals surface area contributed by atoms with E-state index in [1.807, 2.05) is 0 Å². The number of hydrogen-bond donors (Lipinski definition) is 0. The van der Waals surface area contributed by atoms with Gasteiger partial charge in [0.05, 0.1) is 23.0 Å². The fraction of sp³-hybridized carbons (Fsp3) is 0.304. The molecule has 1 aromatic heterocycles. The van der Waals surface area contributed by atoms with Crippen LogP contribution in [0.3, 0.4) is 0 Å². The molecule has 0 bridgehead atoms. The molecule has 1 saturated carbocycles. The van der Waals surface area contributed by atoms with Crippen molar-refractivity contribution in [1.82, 2.24) is 4.98 Å². The Kier molecular flexibility index (Phi) is 3.44. The van der Waals surface area contributed by atoms with Crippen LogP contribution in [0.5, 0.6) is 0 Å². The van der Waals surface area contributed by atoms with E-state index in [9.17, 15) is 0 Å². The highest BCUT2D eigenvalue weighted by atomic mass is 14.8. The van der Waals surface area contributed by atoms with Gasteiger partial charge >= 0.3 is 0 Å². The number of fused-ring (bicyclic) bond motifs is 4. The molecule has 2 nitrogen and oxygen atoms in total. The van der Waals surface area contributed by atoms with E-state index in [0.717, 1.165) is 11.2 Å². The molecular weight excluding hydrogens is 304 g/mol. The molecule has 1 fully saturated rings. The van der Waals surface area contributed by atoms with E-state index in [4.69, 9.17) is 9.98 Å². The highest BCUT2D eigenvalue weighted by Gasteiger charge is 2.28. The predicted octanol–water partition coefficient (Wildman–Crippen LogP) is 5.69. The summed E-state index contributed by atoms with van der Waals surface area (Å²) in [5.74, 6) is 0. The largest absolute Gasteiger partial charge is 0.281 e. The third kappa shape index (κ3) is 2.48. The number of rotatable bonds is 1. The second-order valence-electron chi connectivity index (χ2n) is 7.40. The highest BCUT2D eigenvalue weighted by molar-refractivity contribution is 6.25. The van der Waals surface area contributed by atoms with E-state index in [-0.39, 0.29) is 0 Å². The SMILES string of the molecule is Cc1ccc2c(c1)C(=NC1CCCCC1)c1cc3ccccc3nc1-2. The summed E-state index contributed by atoms with van der Waals surface area (Å²) in [4.78, 5) is 10.2. The van der Waals surface area contributed by atoms with E-state index in [0.29, 0.717) is 6.04 Å². The maximum absolute atomic E-state index is 5.24. The molecule has 0 spiro atoms. The van der Waals surface area contributed by atoms with E-state index in [1.165, 1.54) is 65.5 Å². The first-order valence-electron chi connectivity index (χ1n) is 9.39. The van der Waals surface area contributed by atoms with Gasteiger partial charge in [-0.3, -0.25) is 4.99 Å². The van der Waals surface area contributed by atoms with Crippen LogP contribution in [0.4, 0.5) is 0 Å². The molecule has 2 aliphatic carbocycles. The van der Waals surface area contributed by atoms with Crippen molar-refractivity contribution in [1.29, 1.82) is 0 Å². The molecule has 2 aliphatic rings. The molecule has 3 aromatic rings. The Bertz CT molecular complexity index is 994. The molecule has 0 atom stereocenters. The summed E-state index contributed by atoms with van der Waals surface area (Å²) in [5, 5.41) is 1.20. The van der Waals surface area contributed by atoms with Gasteiger partial charge < -0.3 is 0 Å². The fourth-order valence-corrected chi connectivity index (χ4v) is 4.24. The van der Waals surface area contributed by atoms with Crippen molar-refractivity contribution in [3.63, 3.8) is 0 Å². The Morgan fingerprint density at radius 3 is 2.60 bits per heavy atom. The Labute approximate surface area is 148 Å². The van der Waals surface area contributed by atoms with Gasteiger partial charge in [-0.05, 0) is 38.0 Å². The van der Waals surface area contributed by atoms with Crippen molar-refractivity contribution in [3.05, 3.63) is 65.2 Å². The van der Waals surface area contributed by atoms with Crippen molar-refractivity contribution < 1.29 is 0 Å². The fourth-order valence-electron chi connectivity index (χ4n) is 4.24. The Morgan fingerprint density at radius 2 is 1.72 bits per heavy atom. The number of nitrogens with zero attached hydrogens (tertiary/aromatic N) is 2. The number of aliphatic imine (C=N–C) groups is 1. The molecule has 0 aliphatic heterocycles. The monoisotopic (exact) mass is 326 g/mol. The molecule has 0 radical (unpaired) electrons. The van der Waals surface area contributed by atoms with Crippen molar-refractivity contribution in [3.8, 4) is 11.3 Å². The maximum atomic E-state index is 5.24. The lowest BCUT2D eigenvalue weighted by molar-refractivity contribution is 0.444. The molecule has 25 heavy (non-hydrogen) atoms. The minimum atomic E-state index is 0.467. The molecule has 0 N–H and O–H groups in total. The third-order valence-corrected chi connectivity index (χ3v) is 5.55. The molecule has 0 unspecified atom stereocenters. The summed E-state index contributed by atoms with van der Waals surface area (Å²) in [6.45, 7) is 2.16. The summed E-state index contributed by atoms with van der Waals surface area (Å²) in [6, 6.07) is 17.8. The van der Waals surface area contributed by atoms with Crippen LogP contribution in [0.2, 0.25) is 0 Å². The van der Waals surface area contributed by atoms with E-state index < -0.39 is 0 Å². The zero-order chi connectivity index (χ0) is 16.8. The maximum Gasteiger partial charge on any atom is 0.0810 e. The summed E-state index contributed by atoms with van der Waals surface area (Å²) in [7, 11) is 0. The van der Waals surface area contributed by atoms with Crippen molar-refractivity contribution in [2.24, 2.45) is 4.99 Å². The quantitative estimate of drug-likeness (QED) is 0.441. The standard InChI is InChI=1S/C23H22N2/c1-15-11-12-18-19(13-15)23(24-17-8-3-2-4-9-17)20-14-16-7-5-6-10-21(16)25-22(18)20/h5-7,10-14,17H,2-4,8-9H2,1H3. The van der Waals surface area contributed by atoms with Gasteiger partial charge in [0.2, 0.25) is 0 Å². The average molecular weight is 326 g/mol. The Morgan fingerprint density at radius 1 is 0.880 bits per heavy atom. The van der Waals surface area contributed by atoms with Gasteiger partial charge in [-0.1, -0.05) is 55.2 Å². The van der Waals surface area contributed by atoms with Crippen LogP contribution in [-0.4, -0.2) is 16.7 Å². The van der Waals surface area contributed by atoms with Crippen molar-refractivity contribution in [2.75, 3.05) is 0 Å². The molecule has 2 aromatic carbocycles. The van der Waals surface area contributed by atoms with Gasteiger partial charge in [-0.25, -0.2) is 4.98 Å². The van der Waals surface area contributed by atoms with Crippen LogP contribution in [0.15, 0.2) is 53.5 Å². The number of para-hydroxylation sites is 1. The average Bonchev–Trinajstić information content (AvgIpc) is 2.93. The lowest BCUT2D eigenvalue weighted by Gasteiger charge is -2.19. The third-order valence-electron chi connectivity index (χ3n) is 5.55. The topological polar surface area (TPSA) is 25.2 Å². The van der Waals surface area contributed by atoms with Crippen LogP contribution in [0.1, 0.15) is 48.8 Å². The van der Waals surface area contributed by atoms with Gasteiger partial charge in [0, 0.05) is 22.1 Å². The van der Waals surface area contributed by atoms with Crippen LogP contribution in [-0.2, 0) is 0 Å². The zero-order valence-electron chi connectivity index (χ0n) is 14.6. The first-order chi connectivity index (χ1) is 12.3. The summed E-state index contributed by atoms with van der Waals surface area (Å²) in [5.41, 5.74) is 8.33. The number of pyridine rings is 1. The zero-order valence-corrected chi connectivity index (χ0v) is 14.6. The smallest absolute Gasteiger partial charge is 0.0810 e. The van der Waals surface area contributed by atoms with Gasteiger partial charge in [0.15, 0.2) is 0 Å². The van der Waals surface area contributed by atoms with E-state index in [2.05, 4.69) is 55.5 Å². The van der Waals surface area contributed by atoms with Gasteiger partial charge in [0.25, 0.3) is 0 Å². The first-order valence-corrected chi connectivity index (χ1v) is 9.39. The van der Waals surface area contributed by atoms with Crippen LogP contribution in [0.25, 0.3) is 22.2 Å². The number of aryl methyl sites for hydroxylation is 1. The molecule has 5 rings (SSSR count). The minimum absolute atomic E-state index is 0.467. The van der Waals surface area contributed by atoms with E-state index >= 15 is 0 Å². The minimum Gasteiger partial charge on any atom is -0.281 e. The second-order valence-corrected chi connectivity index (χ2v) is 7.40. The Balaban J connectivity index is 1.74. The van der Waals surface area contributed by atoms with Crippen LogP contribution in [0, 0.1) is 6.92 Å². The lowest BCUT2D eigenvalue weighted by atomic mass is 9.95. The molecule has 2 heteroatoms. The van der Waals surface area contributed by atoms with Crippen molar-refractivity contribution >= 4 is 16.6 Å². The lowest BCUT2D eigenvalue weighted by Crippen LogP contribution is -2.13. The summed E-state index contributed by atoms with van der Waals surface area (Å²) < 4.78 is 0.